The third kappa shape index (κ3) is 6.29. The normalized spacial score (nSPS) is 11.7. The molecule has 0 radical (unpaired) electrons. The lowest BCUT2D eigenvalue weighted by Crippen LogP contribution is -2.38. The maximum atomic E-state index is 8.99. The van der Waals surface area contributed by atoms with Crippen molar-refractivity contribution in [1.82, 2.24) is 4.98 Å². The molecule has 0 bridgehead atoms. The summed E-state index contributed by atoms with van der Waals surface area (Å²) in [5.41, 5.74) is 6.87. The summed E-state index contributed by atoms with van der Waals surface area (Å²) in [5, 5.41) is 12.2. The highest BCUT2D eigenvalue weighted by atomic mass is 15.0. The van der Waals surface area contributed by atoms with Crippen molar-refractivity contribution in [1.29, 1.82) is 5.26 Å². The number of aromatic nitrogens is 1. The number of pyridine rings is 1. The van der Waals surface area contributed by atoms with Crippen molar-refractivity contribution in [2.75, 3.05) is 11.9 Å². The van der Waals surface area contributed by atoms with E-state index in [2.05, 4.69) is 50.0 Å². The molecule has 4 nitrogen and oxygen atoms in total. The fourth-order valence-electron chi connectivity index (χ4n) is 2.03. The molecule has 114 valence electrons. The molecule has 1 heterocycles. The van der Waals surface area contributed by atoms with Gasteiger partial charge in [0.2, 0.25) is 0 Å². The summed E-state index contributed by atoms with van der Waals surface area (Å²) in [5.74, 6) is 0.657. The minimum absolute atomic E-state index is 0.0879. The van der Waals surface area contributed by atoms with Crippen molar-refractivity contribution in [3.8, 4) is 18.9 Å². The zero-order valence-electron chi connectivity index (χ0n) is 13.3. The van der Waals surface area contributed by atoms with Crippen LogP contribution in [-0.2, 0) is 0 Å². The van der Waals surface area contributed by atoms with Gasteiger partial charge in [-0.3, -0.25) is 0 Å². The highest BCUT2D eigenvalue weighted by Crippen LogP contribution is 2.26. The van der Waals surface area contributed by atoms with Gasteiger partial charge in [0, 0.05) is 18.8 Å². The van der Waals surface area contributed by atoms with E-state index in [1.165, 1.54) is 0 Å². The van der Waals surface area contributed by atoms with Crippen LogP contribution in [0, 0.1) is 29.6 Å². The smallest absolute Gasteiger partial charge is 0.143 e. The predicted octanol–water partition coefficient (Wildman–Crippen LogP) is 3.16. The lowest BCUT2D eigenvalue weighted by Gasteiger charge is -2.31. The molecule has 3 N–H and O–H groups in total. The molecule has 0 saturated heterocycles. The topological polar surface area (TPSA) is 74.7 Å². The van der Waals surface area contributed by atoms with E-state index in [9.17, 15) is 0 Å². The number of anilines is 1. The highest BCUT2D eigenvalue weighted by Gasteiger charge is 2.25. The summed E-state index contributed by atoms with van der Waals surface area (Å²) < 4.78 is 0. The molecule has 0 aliphatic carbocycles. The van der Waals surface area contributed by atoms with Gasteiger partial charge in [-0.2, -0.15) is 5.26 Å². The van der Waals surface area contributed by atoms with Gasteiger partial charge in [-0.05, 0) is 30.4 Å². The Morgan fingerprint density at radius 2 is 2.14 bits per heavy atom. The van der Waals surface area contributed by atoms with Gasteiger partial charge in [-0.1, -0.05) is 27.2 Å². The Hall–Kier alpha value is -2.04. The Bertz CT molecular complexity index is 471. The van der Waals surface area contributed by atoms with Gasteiger partial charge in [0.25, 0.3) is 0 Å². The van der Waals surface area contributed by atoms with Crippen LogP contribution in [0.25, 0.3) is 0 Å². The van der Waals surface area contributed by atoms with E-state index in [0.29, 0.717) is 11.4 Å². The van der Waals surface area contributed by atoms with Crippen LogP contribution in [0.5, 0.6) is 0 Å². The second-order valence-electron chi connectivity index (χ2n) is 5.57. The minimum Gasteiger partial charge on any atom is -0.369 e. The largest absolute Gasteiger partial charge is 0.369 e. The summed E-state index contributed by atoms with van der Waals surface area (Å²) >= 11 is 0. The quantitative estimate of drug-likeness (QED) is 0.755. The van der Waals surface area contributed by atoms with Crippen molar-refractivity contribution in [2.24, 2.45) is 11.1 Å². The molecular formula is C17H26N4. The summed E-state index contributed by atoms with van der Waals surface area (Å²) in [7, 11) is 0. The molecule has 0 amide bonds. The van der Waals surface area contributed by atoms with E-state index in [4.69, 9.17) is 11.0 Å². The average molecular weight is 286 g/mol. The van der Waals surface area contributed by atoms with E-state index in [1.54, 1.807) is 18.3 Å². The minimum atomic E-state index is 0.0879. The van der Waals surface area contributed by atoms with Gasteiger partial charge < -0.3 is 11.1 Å². The lowest BCUT2D eigenvalue weighted by atomic mass is 9.79. The lowest BCUT2D eigenvalue weighted by molar-refractivity contribution is 0.257. The van der Waals surface area contributed by atoms with E-state index < -0.39 is 0 Å². The van der Waals surface area contributed by atoms with Crippen LogP contribution in [0.2, 0.25) is 0 Å². The molecule has 0 fully saturated rings. The molecule has 21 heavy (non-hydrogen) atoms. The first-order chi connectivity index (χ1) is 10.0. The number of nitriles is 1. The number of nitrogens with two attached hydrogens (primary N) is 1. The maximum absolute atomic E-state index is 8.99. The van der Waals surface area contributed by atoms with Gasteiger partial charge in [0.05, 0.1) is 5.56 Å². The summed E-state index contributed by atoms with van der Waals surface area (Å²) in [6.45, 7) is 7.31. The second-order valence-corrected chi connectivity index (χ2v) is 5.57. The van der Waals surface area contributed by atoms with Crippen molar-refractivity contribution in [3.05, 3.63) is 23.9 Å². The maximum Gasteiger partial charge on any atom is 0.143 e. The standard InChI is InChI=1S/C15H24N4.C2H2/c1-4-6-13(17)15(2,3)8-10-19-14-12(11-16)7-5-9-18-14;1-2/h5,7,9,13H,4,6,8,10,17H2,1-3H3,(H,18,19);1-2H/t13-;/m1./s1. The van der Waals surface area contributed by atoms with Crippen LogP contribution in [0.3, 0.4) is 0 Å². The van der Waals surface area contributed by atoms with E-state index >= 15 is 0 Å². The fourth-order valence-corrected chi connectivity index (χ4v) is 2.03. The van der Waals surface area contributed by atoms with Crippen LogP contribution in [0.15, 0.2) is 18.3 Å². The Morgan fingerprint density at radius 1 is 1.48 bits per heavy atom. The Labute approximate surface area is 128 Å². The van der Waals surface area contributed by atoms with Crippen LogP contribution < -0.4 is 11.1 Å². The third-order valence-electron chi connectivity index (χ3n) is 3.59. The Balaban J connectivity index is 0.00000191. The molecule has 0 saturated carbocycles. The van der Waals surface area contributed by atoms with Crippen LogP contribution in [-0.4, -0.2) is 17.6 Å². The Kier molecular flexibility index (Phi) is 8.85. The molecule has 0 spiro atoms. The van der Waals surface area contributed by atoms with Crippen molar-refractivity contribution < 1.29 is 0 Å². The first kappa shape index (κ1) is 19.0. The first-order valence-electron chi connectivity index (χ1n) is 7.19. The molecule has 0 aliphatic heterocycles. The monoisotopic (exact) mass is 286 g/mol. The molecule has 0 aliphatic rings. The van der Waals surface area contributed by atoms with Gasteiger partial charge >= 0.3 is 0 Å². The van der Waals surface area contributed by atoms with Crippen molar-refractivity contribution in [3.63, 3.8) is 0 Å². The third-order valence-corrected chi connectivity index (χ3v) is 3.59. The molecule has 1 aromatic rings. The van der Waals surface area contributed by atoms with Gasteiger partial charge in [0.1, 0.15) is 11.9 Å². The summed E-state index contributed by atoms with van der Waals surface area (Å²) in [6.07, 6.45) is 12.8. The number of hydrogen-bond donors (Lipinski definition) is 2. The summed E-state index contributed by atoms with van der Waals surface area (Å²) in [4.78, 5) is 4.19. The zero-order chi connectivity index (χ0) is 16.3. The van der Waals surface area contributed by atoms with Crippen LogP contribution >= 0.6 is 0 Å². The van der Waals surface area contributed by atoms with E-state index in [1.807, 2.05) is 0 Å². The number of hydrogen-bond acceptors (Lipinski definition) is 4. The zero-order valence-corrected chi connectivity index (χ0v) is 13.3. The average Bonchev–Trinajstić information content (AvgIpc) is 2.50. The molecule has 1 atom stereocenters. The fraction of sp³-hybridized carbons (Fsp3) is 0.529. The van der Waals surface area contributed by atoms with Crippen molar-refractivity contribution in [2.45, 2.75) is 46.1 Å². The first-order valence-corrected chi connectivity index (χ1v) is 7.19. The Morgan fingerprint density at radius 3 is 2.71 bits per heavy atom. The van der Waals surface area contributed by atoms with Gasteiger partial charge in [0.15, 0.2) is 0 Å². The second kappa shape index (κ2) is 9.80. The van der Waals surface area contributed by atoms with E-state index in [0.717, 1.165) is 25.8 Å². The molecule has 1 rings (SSSR count). The number of terminal acetylenes is 1. The highest BCUT2D eigenvalue weighted by molar-refractivity contribution is 5.51. The van der Waals surface area contributed by atoms with Crippen molar-refractivity contribution >= 4 is 5.82 Å². The number of nitrogens with one attached hydrogen (secondary N) is 1. The van der Waals surface area contributed by atoms with Gasteiger partial charge in [-0.15, -0.1) is 12.8 Å². The molecule has 1 aromatic heterocycles. The molecule has 4 heteroatoms. The van der Waals surface area contributed by atoms with Gasteiger partial charge in [-0.25, -0.2) is 4.98 Å². The van der Waals surface area contributed by atoms with Crippen LogP contribution in [0.1, 0.15) is 45.6 Å². The number of nitrogens with zero attached hydrogens (tertiary/aromatic N) is 2. The van der Waals surface area contributed by atoms with Crippen LogP contribution in [0.4, 0.5) is 5.82 Å². The molecule has 0 aromatic carbocycles. The SMILES string of the molecule is C#C.CCC[C@@H](N)C(C)(C)CCNc1ncccc1C#N. The molecular weight excluding hydrogens is 260 g/mol. The molecule has 0 unspecified atom stereocenters. The summed E-state index contributed by atoms with van der Waals surface area (Å²) in [6, 6.07) is 5.88. The van der Waals surface area contributed by atoms with E-state index in [-0.39, 0.29) is 11.5 Å². The predicted molar refractivity (Wildman–Crippen MR) is 88.6 cm³/mol. The number of rotatable bonds is 7.